The Morgan fingerprint density at radius 3 is 2.43 bits per heavy atom. The van der Waals surface area contributed by atoms with Crippen LogP contribution < -0.4 is 0 Å². The zero-order valence-corrected chi connectivity index (χ0v) is 12.9. The lowest BCUT2D eigenvalue weighted by Gasteiger charge is -2.35. The highest BCUT2D eigenvalue weighted by atomic mass is 16.3. The normalized spacial score (nSPS) is 17.8. The molecule has 2 heterocycles. The van der Waals surface area contributed by atoms with Crippen molar-refractivity contribution in [1.82, 2.24) is 4.90 Å². The molecule has 2 aromatic rings. The van der Waals surface area contributed by atoms with Crippen LogP contribution in [0.5, 0.6) is 0 Å². The fourth-order valence-electron chi connectivity index (χ4n) is 3.17. The second-order valence-electron chi connectivity index (χ2n) is 6.44. The maximum absolute atomic E-state index is 12.9. The van der Waals surface area contributed by atoms with Gasteiger partial charge in [-0.2, -0.15) is 0 Å². The van der Waals surface area contributed by atoms with E-state index >= 15 is 0 Å². The van der Waals surface area contributed by atoms with Crippen LogP contribution in [0, 0.1) is 0 Å². The number of rotatable bonds is 3. The Morgan fingerprint density at radius 2 is 1.76 bits per heavy atom. The summed E-state index contributed by atoms with van der Waals surface area (Å²) in [6, 6.07) is 9.66. The Bertz CT molecular complexity index is 600. The standard InChI is InChI=1S/C18H23NO2/c1-18(2,19-11-7-3-4-8-12-19)17(20)16-13-14-9-5-6-10-15(14)21-16/h5-6,9-10,13H,3-4,7-8,11-12H2,1-2H3. The highest BCUT2D eigenvalue weighted by molar-refractivity contribution is 6.03. The molecule has 3 rings (SSSR count). The van der Waals surface area contributed by atoms with Gasteiger partial charge in [0.15, 0.2) is 5.76 Å². The lowest BCUT2D eigenvalue weighted by atomic mass is 9.94. The van der Waals surface area contributed by atoms with E-state index in [0.29, 0.717) is 5.76 Å². The van der Waals surface area contributed by atoms with Gasteiger partial charge in [-0.15, -0.1) is 0 Å². The molecular weight excluding hydrogens is 262 g/mol. The van der Waals surface area contributed by atoms with Crippen molar-refractivity contribution in [3.05, 3.63) is 36.1 Å². The van der Waals surface area contributed by atoms with Gasteiger partial charge in [0.1, 0.15) is 5.58 Å². The number of fused-ring (bicyclic) bond motifs is 1. The van der Waals surface area contributed by atoms with E-state index in [4.69, 9.17) is 4.42 Å². The maximum Gasteiger partial charge on any atom is 0.217 e. The Kier molecular flexibility index (Phi) is 3.85. The van der Waals surface area contributed by atoms with Crippen molar-refractivity contribution in [2.24, 2.45) is 0 Å². The maximum atomic E-state index is 12.9. The number of para-hydroxylation sites is 1. The van der Waals surface area contributed by atoms with E-state index in [0.717, 1.165) is 24.1 Å². The van der Waals surface area contributed by atoms with Crippen LogP contribution in [0.25, 0.3) is 11.0 Å². The van der Waals surface area contributed by atoms with Crippen molar-refractivity contribution in [2.75, 3.05) is 13.1 Å². The van der Waals surface area contributed by atoms with E-state index in [1.807, 2.05) is 44.2 Å². The molecule has 21 heavy (non-hydrogen) atoms. The van der Waals surface area contributed by atoms with Crippen molar-refractivity contribution in [1.29, 1.82) is 0 Å². The molecule has 0 spiro atoms. The van der Waals surface area contributed by atoms with Gasteiger partial charge in [-0.05, 0) is 51.9 Å². The largest absolute Gasteiger partial charge is 0.453 e. The summed E-state index contributed by atoms with van der Waals surface area (Å²) in [6.07, 6.45) is 4.89. The third-order valence-corrected chi connectivity index (χ3v) is 4.60. The predicted octanol–water partition coefficient (Wildman–Crippen LogP) is 4.27. The van der Waals surface area contributed by atoms with Crippen molar-refractivity contribution in [3.63, 3.8) is 0 Å². The first-order chi connectivity index (χ1) is 10.1. The van der Waals surface area contributed by atoms with Crippen LogP contribution in [0.3, 0.4) is 0 Å². The lowest BCUT2D eigenvalue weighted by Crippen LogP contribution is -2.50. The first-order valence-electron chi connectivity index (χ1n) is 7.87. The molecule has 3 heteroatoms. The molecule has 1 aromatic carbocycles. The van der Waals surface area contributed by atoms with Crippen molar-refractivity contribution >= 4 is 16.8 Å². The number of hydrogen-bond acceptors (Lipinski definition) is 3. The Hall–Kier alpha value is -1.61. The van der Waals surface area contributed by atoms with E-state index in [-0.39, 0.29) is 5.78 Å². The molecule has 0 radical (unpaired) electrons. The summed E-state index contributed by atoms with van der Waals surface area (Å²) in [6.45, 7) is 6.04. The number of likely N-dealkylation sites (tertiary alicyclic amines) is 1. The van der Waals surface area contributed by atoms with Gasteiger partial charge in [0.25, 0.3) is 0 Å². The molecule has 1 aromatic heterocycles. The molecule has 3 nitrogen and oxygen atoms in total. The van der Waals surface area contributed by atoms with Crippen LogP contribution in [0.15, 0.2) is 34.7 Å². The molecule has 1 aliphatic rings. The molecule has 0 amide bonds. The van der Waals surface area contributed by atoms with Crippen LogP contribution in [0.4, 0.5) is 0 Å². The lowest BCUT2D eigenvalue weighted by molar-refractivity contribution is 0.0622. The van der Waals surface area contributed by atoms with Crippen LogP contribution in [0.1, 0.15) is 50.1 Å². The quantitative estimate of drug-likeness (QED) is 0.790. The van der Waals surface area contributed by atoms with Crippen molar-refractivity contribution in [2.45, 2.75) is 45.1 Å². The number of carbonyl (C=O) groups excluding carboxylic acids is 1. The van der Waals surface area contributed by atoms with Crippen LogP contribution in [0.2, 0.25) is 0 Å². The number of Topliss-reactive ketones (excluding diaryl/α,β-unsaturated/α-hetero) is 1. The average Bonchev–Trinajstić information content (AvgIpc) is 2.71. The minimum Gasteiger partial charge on any atom is -0.453 e. The van der Waals surface area contributed by atoms with Gasteiger partial charge in [0.2, 0.25) is 5.78 Å². The van der Waals surface area contributed by atoms with E-state index < -0.39 is 5.54 Å². The van der Waals surface area contributed by atoms with Gasteiger partial charge in [0.05, 0.1) is 5.54 Å². The first-order valence-corrected chi connectivity index (χ1v) is 7.87. The third-order valence-electron chi connectivity index (χ3n) is 4.60. The van der Waals surface area contributed by atoms with Crippen LogP contribution in [-0.2, 0) is 0 Å². The third kappa shape index (κ3) is 2.75. The molecule has 0 unspecified atom stereocenters. The minimum atomic E-state index is -0.502. The highest BCUT2D eigenvalue weighted by Crippen LogP contribution is 2.27. The summed E-state index contributed by atoms with van der Waals surface area (Å²) in [5.74, 6) is 0.561. The fraction of sp³-hybridized carbons (Fsp3) is 0.500. The summed E-state index contributed by atoms with van der Waals surface area (Å²) in [5, 5.41) is 0.993. The fourth-order valence-corrected chi connectivity index (χ4v) is 3.17. The summed E-state index contributed by atoms with van der Waals surface area (Å²) in [5.41, 5.74) is 0.283. The summed E-state index contributed by atoms with van der Waals surface area (Å²) in [4.78, 5) is 15.2. The molecule has 1 fully saturated rings. The molecule has 0 saturated carbocycles. The minimum absolute atomic E-state index is 0.0839. The van der Waals surface area contributed by atoms with Gasteiger partial charge in [-0.25, -0.2) is 0 Å². The van der Waals surface area contributed by atoms with Gasteiger partial charge in [-0.1, -0.05) is 31.0 Å². The average molecular weight is 285 g/mol. The molecule has 1 saturated heterocycles. The van der Waals surface area contributed by atoms with E-state index in [2.05, 4.69) is 4.90 Å². The van der Waals surface area contributed by atoms with Gasteiger partial charge in [-0.3, -0.25) is 9.69 Å². The first kappa shape index (κ1) is 14.3. The summed E-state index contributed by atoms with van der Waals surface area (Å²) in [7, 11) is 0. The Morgan fingerprint density at radius 1 is 1.10 bits per heavy atom. The summed E-state index contributed by atoms with van der Waals surface area (Å²) < 4.78 is 5.76. The van der Waals surface area contributed by atoms with Crippen molar-refractivity contribution < 1.29 is 9.21 Å². The zero-order valence-electron chi connectivity index (χ0n) is 12.9. The number of benzene rings is 1. The Labute approximate surface area is 125 Å². The summed E-state index contributed by atoms with van der Waals surface area (Å²) >= 11 is 0. The topological polar surface area (TPSA) is 33.5 Å². The van der Waals surface area contributed by atoms with E-state index in [9.17, 15) is 4.79 Å². The van der Waals surface area contributed by atoms with Crippen LogP contribution in [-0.4, -0.2) is 29.3 Å². The van der Waals surface area contributed by atoms with Gasteiger partial charge < -0.3 is 4.42 Å². The SMILES string of the molecule is CC(C)(C(=O)c1cc2ccccc2o1)N1CCCCCC1. The van der Waals surface area contributed by atoms with Gasteiger partial charge >= 0.3 is 0 Å². The molecule has 0 aliphatic carbocycles. The second kappa shape index (κ2) is 5.64. The number of furan rings is 1. The molecular formula is C18H23NO2. The second-order valence-corrected chi connectivity index (χ2v) is 6.44. The molecule has 1 aliphatic heterocycles. The van der Waals surface area contributed by atoms with E-state index in [1.165, 1.54) is 25.7 Å². The Balaban J connectivity index is 1.88. The molecule has 0 atom stereocenters. The molecule has 0 bridgehead atoms. The number of hydrogen-bond donors (Lipinski definition) is 0. The monoisotopic (exact) mass is 285 g/mol. The number of nitrogens with zero attached hydrogens (tertiary/aromatic N) is 1. The predicted molar refractivity (Wildman–Crippen MR) is 84.7 cm³/mol. The smallest absolute Gasteiger partial charge is 0.217 e. The number of ketones is 1. The molecule has 0 N–H and O–H groups in total. The van der Waals surface area contributed by atoms with Crippen LogP contribution >= 0.6 is 0 Å². The van der Waals surface area contributed by atoms with E-state index in [1.54, 1.807) is 0 Å². The van der Waals surface area contributed by atoms with Crippen molar-refractivity contribution in [3.8, 4) is 0 Å². The highest BCUT2D eigenvalue weighted by Gasteiger charge is 2.37. The van der Waals surface area contributed by atoms with Gasteiger partial charge in [0, 0.05) is 5.39 Å². The molecule has 112 valence electrons. The zero-order chi connectivity index (χ0) is 14.9. The number of carbonyl (C=O) groups is 1.